The van der Waals surface area contributed by atoms with E-state index < -0.39 is 5.97 Å². The van der Waals surface area contributed by atoms with Gasteiger partial charge in [0.05, 0.1) is 31.9 Å². The summed E-state index contributed by atoms with van der Waals surface area (Å²) in [7, 11) is 4.26. The fourth-order valence-electron chi connectivity index (χ4n) is 2.05. The second-order valence-electron chi connectivity index (χ2n) is 4.71. The average molecular weight is 350 g/mol. The second kappa shape index (κ2) is 7.70. The molecule has 6 nitrogen and oxygen atoms in total. The fourth-order valence-corrected chi connectivity index (χ4v) is 2.24. The van der Waals surface area contributed by atoms with E-state index in [9.17, 15) is 9.59 Å². The summed E-state index contributed by atoms with van der Waals surface area (Å²) in [6, 6.07) is 9.35. The number of nitrogens with one attached hydrogen (secondary N) is 1. The van der Waals surface area contributed by atoms with Crippen molar-refractivity contribution >= 4 is 29.2 Å². The standard InChI is InChI=1S/C17H16ClNO5/c1-22-14-7-4-10(8-15(14)23-2)16(20)19-11-5-6-13(18)12(9-11)17(21)24-3/h4-9H,1-3H3,(H,19,20). The third-order valence-electron chi connectivity index (χ3n) is 3.28. The molecule has 2 rings (SSSR count). The molecule has 0 aliphatic carbocycles. The summed E-state index contributed by atoms with van der Waals surface area (Å²) in [6.07, 6.45) is 0. The molecule has 0 aliphatic rings. The van der Waals surface area contributed by atoms with Crippen LogP contribution < -0.4 is 14.8 Å². The molecule has 0 bridgehead atoms. The van der Waals surface area contributed by atoms with Crippen LogP contribution >= 0.6 is 11.6 Å². The molecule has 0 atom stereocenters. The Morgan fingerprint density at radius 3 is 2.29 bits per heavy atom. The number of rotatable bonds is 5. The van der Waals surface area contributed by atoms with Gasteiger partial charge in [0, 0.05) is 11.3 Å². The first-order valence-corrected chi connectivity index (χ1v) is 7.29. The van der Waals surface area contributed by atoms with E-state index in [1.165, 1.54) is 33.5 Å². The molecule has 0 aromatic heterocycles. The molecule has 0 spiro atoms. The summed E-state index contributed by atoms with van der Waals surface area (Å²) in [5, 5.41) is 2.93. The van der Waals surface area contributed by atoms with Gasteiger partial charge in [-0.2, -0.15) is 0 Å². The number of hydrogen-bond acceptors (Lipinski definition) is 5. The van der Waals surface area contributed by atoms with Crippen molar-refractivity contribution in [1.29, 1.82) is 0 Å². The topological polar surface area (TPSA) is 73.9 Å². The van der Waals surface area contributed by atoms with Crippen molar-refractivity contribution in [1.82, 2.24) is 0 Å². The Labute approximate surface area is 144 Å². The van der Waals surface area contributed by atoms with Crippen molar-refractivity contribution in [2.24, 2.45) is 0 Å². The van der Waals surface area contributed by atoms with Gasteiger partial charge in [-0.25, -0.2) is 4.79 Å². The van der Waals surface area contributed by atoms with Gasteiger partial charge in [-0.1, -0.05) is 11.6 Å². The molecule has 2 aromatic carbocycles. The maximum Gasteiger partial charge on any atom is 0.339 e. The lowest BCUT2D eigenvalue weighted by Crippen LogP contribution is -2.13. The monoisotopic (exact) mass is 349 g/mol. The van der Waals surface area contributed by atoms with Gasteiger partial charge in [0.25, 0.3) is 5.91 Å². The highest BCUT2D eigenvalue weighted by atomic mass is 35.5. The third-order valence-corrected chi connectivity index (χ3v) is 3.60. The summed E-state index contributed by atoms with van der Waals surface area (Å²) in [4.78, 5) is 24.0. The largest absolute Gasteiger partial charge is 0.493 e. The lowest BCUT2D eigenvalue weighted by Gasteiger charge is -2.11. The van der Waals surface area contributed by atoms with Crippen LogP contribution in [0.25, 0.3) is 0 Å². The summed E-state index contributed by atoms with van der Waals surface area (Å²) >= 11 is 5.95. The van der Waals surface area contributed by atoms with Gasteiger partial charge in [-0.15, -0.1) is 0 Å². The minimum atomic E-state index is -0.581. The van der Waals surface area contributed by atoms with Crippen molar-refractivity contribution < 1.29 is 23.8 Å². The summed E-state index contributed by atoms with van der Waals surface area (Å²) in [6.45, 7) is 0. The number of anilines is 1. The van der Waals surface area contributed by atoms with Crippen LogP contribution in [-0.4, -0.2) is 33.2 Å². The second-order valence-corrected chi connectivity index (χ2v) is 5.12. The van der Waals surface area contributed by atoms with E-state index in [0.717, 1.165) is 0 Å². The van der Waals surface area contributed by atoms with Crippen LogP contribution in [0.4, 0.5) is 5.69 Å². The van der Waals surface area contributed by atoms with E-state index >= 15 is 0 Å². The molecule has 0 fully saturated rings. The number of hydrogen-bond donors (Lipinski definition) is 1. The van der Waals surface area contributed by atoms with Gasteiger partial charge in [0.2, 0.25) is 0 Å². The Bertz CT molecular complexity index is 776. The predicted octanol–water partition coefficient (Wildman–Crippen LogP) is 3.40. The quantitative estimate of drug-likeness (QED) is 0.837. The number of benzene rings is 2. The average Bonchev–Trinajstić information content (AvgIpc) is 2.61. The molecule has 0 radical (unpaired) electrons. The molecule has 0 saturated heterocycles. The number of esters is 1. The first kappa shape index (κ1) is 17.6. The number of halogens is 1. The molecule has 24 heavy (non-hydrogen) atoms. The van der Waals surface area contributed by atoms with Crippen molar-refractivity contribution in [3.05, 3.63) is 52.5 Å². The van der Waals surface area contributed by atoms with E-state index in [2.05, 4.69) is 10.1 Å². The van der Waals surface area contributed by atoms with Gasteiger partial charge >= 0.3 is 5.97 Å². The minimum absolute atomic E-state index is 0.171. The summed E-state index contributed by atoms with van der Waals surface area (Å²) in [5.74, 6) is 0.0151. The smallest absolute Gasteiger partial charge is 0.339 e. The number of methoxy groups -OCH3 is 3. The zero-order chi connectivity index (χ0) is 17.7. The van der Waals surface area contributed by atoms with Crippen LogP contribution in [0.1, 0.15) is 20.7 Å². The highest BCUT2D eigenvalue weighted by molar-refractivity contribution is 6.33. The SMILES string of the molecule is COC(=O)c1cc(NC(=O)c2ccc(OC)c(OC)c2)ccc1Cl. The van der Waals surface area contributed by atoms with Gasteiger partial charge in [0.15, 0.2) is 11.5 Å². The van der Waals surface area contributed by atoms with E-state index in [0.29, 0.717) is 22.7 Å². The first-order chi connectivity index (χ1) is 11.5. The number of ether oxygens (including phenoxy) is 3. The van der Waals surface area contributed by atoms with E-state index in [-0.39, 0.29) is 16.5 Å². The van der Waals surface area contributed by atoms with Crippen LogP contribution in [0.15, 0.2) is 36.4 Å². The van der Waals surface area contributed by atoms with E-state index in [1.54, 1.807) is 24.3 Å². The molecule has 0 unspecified atom stereocenters. The minimum Gasteiger partial charge on any atom is -0.493 e. The lowest BCUT2D eigenvalue weighted by atomic mass is 10.1. The fraction of sp³-hybridized carbons (Fsp3) is 0.176. The number of carbonyl (C=O) groups excluding carboxylic acids is 2. The normalized spacial score (nSPS) is 10.0. The van der Waals surface area contributed by atoms with Crippen molar-refractivity contribution in [3.8, 4) is 11.5 Å². The maximum absolute atomic E-state index is 12.4. The van der Waals surface area contributed by atoms with Crippen LogP contribution in [0, 0.1) is 0 Å². The van der Waals surface area contributed by atoms with Crippen LogP contribution in [0.3, 0.4) is 0 Å². The molecule has 7 heteroatoms. The Kier molecular flexibility index (Phi) is 5.65. The van der Waals surface area contributed by atoms with Crippen molar-refractivity contribution in [2.45, 2.75) is 0 Å². The highest BCUT2D eigenvalue weighted by Crippen LogP contribution is 2.28. The molecular weight excluding hydrogens is 334 g/mol. The summed E-state index contributed by atoms with van der Waals surface area (Å²) < 4.78 is 15.0. The Morgan fingerprint density at radius 2 is 1.67 bits per heavy atom. The van der Waals surface area contributed by atoms with Crippen molar-refractivity contribution in [2.75, 3.05) is 26.6 Å². The molecule has 1 N–H and O–H groups in total. The Hall–Kier alpha value is -2.73. The number of carbonyl (C=O) groups is 2. The number of amides is 1. The van der Waals surface area contributed by atoms with Crippen molar-refractivity contribution in [3.63, 3.8) is 0 Å². The van der Waals surface area contributed by atoms with E-state index in [1.807, 2.05) is 0 Å². The van der Waals surface area contributed by atoms with Crippen LogP contribution in [0.2, 0.25) is 5.02 Å². The molecule has 0 aliphatic heterocycles. The summed E-state index contributed by atoms with van der Waals surface area (Å²) in [5.41, 5.74) is 0.964. The molecule has 1 amide bonds. The molecule has 126 valence electrons. The lowest BCUT2D eigenvalue weighted by molar-refractivity contribution is 0.0600. The zero-order valence-corrected chi connectivity index (χ0v) is 14.1. The van der Waals surface area contributed by atoms with Crippen LogP contribution in [-0.2, 0) is 4.74 Å². The van der Waals surface area contributed by atoms with Gasteiger partial charge in [0.1, 0.15) is 0 Å². The molecule has 2 aromatic rings. The first-order valence-electron chi connectivity index (χ1n) is 6.91. The predicted molar refractivity (Wildman–Crippen MR) is 90.3 cm³/mol. The molecule has 0 heterocycles. The molecular formula is C17H16ClNO5. The van der Waals surface area contributed by atoms with Gasteiger partial charge < -0.3 is 19.5 Å². The highest BCUT2D eigenvalue weighted by Gasteiger charge is 2.14. The van der Waals surface area contributed by atoms with Gasteiger partial charge in [-0.05, 0) is 36.4 Å². The van der Waals surface area contributed by atoms with Gasteiger partial charge in [-0.3, -0.25) is 4.79 Å². The Morgan fingerprint density at radius 1 is 0.958 bits per heavy atom. The zero-order valence-electron chi connectivity index (χ0n) is 13.4. The molecule has 0 saturated carbocycles. The van der Waals surface area contributed by atoms with E-state index in [4.69, 9.17) is 21.1 Å². The maximum atomic E-state index is 12.4. The van der Waals surface area contributed by atoms with Crippen LogP contribution in [0.5, 0.6) is 11.5 Å². The Balaban J connectivity index is 2.25. The third kappa shape index (κ3) is 3.78.